The summed E-state index contributed by atoms with van der Waals surface area (Å²) in [5.41, 5.74) is 2.63. The number of alkyl halides is 3. The Bertz CT molecular complexity index is 526. The van der Waals surface area contributed by atoms with E-state index in [0.29, 0.717) is 44.9 Å². The van der Waals surface area contributed by atoms with Gasteiger partial charge in [0.25, 0.3) is 5.91 Å². The average Bonchev–Trinajstić information content (AvgIpc) is 2.83. The molecule has 2 N–H and O–H groups in total. The maximum Gasteiger partial charge on any atom is 1.00 e. The molecule has 0 aromatic heterocycles. The number of hydrogen-bond acceptors (Lipinski definition) is 5. The van der Waals surface area contributed by atoms with Crippen LogP contribution < -0.4 is 40.4 Å². The van der Waals surface area contributed by atoms with Gasteiger partial charge >= 0.3 is 36.0 Å². The molecule has 0 aromatic carbocycles. The summed E-state index contributed by atoms with van der Waals surface area (Å²) in [6.07, 6.45) is 9.03. The maximum atomic E-state index is 13.6. The fraction of sp³-hybridized carbons (Fsp3) is 0.909. The van der Waals surface area contributed by atoms with Crippen molar-refractivity contribution in [3.8, 4) is 0 Å². The standard InChI is InChI=1S/C10H15FNO2.C6H10F2N2O.C6H12.Na/c1-6-2-3-9(11)8-4-7(5-13)12-14-10(6)8;7-5(8)6(11)10-3-1-9-2-4-10;1-2-4-6-5-3-1;/h6-10,12H,2-4H2,1H3;5,9H,1-4H2;1-6H2;/q-1;;;+1. The van der Waals surface area contributed by atoms with Gasteiger partial charge in [0, 0.05) is 32.1 Å². The molecule has 32 heavy (non-hydrogen) atoms. The zero-order chi connectivity index (χ0) is 22.6. The molecule has 2 aliphatic heterocycles. The van der Waals surface area contributed by atoms with Gasteiger partial charge < -0.3 is 15.0 Å². The van der Waals surface area contributed by atoms with Crippen LogP contribution in [0.15, 0.2) is 0 Å². The monoisotopic (exact) mass is 471 g/mol. The second-order valence-corrected chi connectivity index (χ2v) is 8.84. The zero-order valence-corrected chi connectivity index (χ0v) is 21.5. The molecular weight excluding hydrogens is 434 g/mol. The van der Waals surface area contributed by atoms with Gasteiger partial charge in [-0.25, -0.2) is 16.2 Å². The number of halogens is 3. The Morgan fingerprint density at radius 2 is 1.62 bits per heavy atom. The Hall–Kier alpha value is -0.190. The van der Waals surface area contributed by atoms with Crippen molar-refractivity contribution in [1.29, 1.82) is 0 Å². The van der Waals surface area contributed by atoms with Crippen LogP contribution >= 0.6 is 0 Å². The second-order valence-electron chi connectivity index (χ2n) is 8.84. The number of hydrogen-bond donors (Lipinski definition) is 2. The first-order chi connectivity index (χ1) is 14.9. The van der Waals surface area contributed by atoms with Crippen LogP contribution in [0.4, 0.5) is 13.2 Å². The summed E-state index contributed by atoms with van der Waals surface area (Å²) >= 11 is 0. The van der Waals surface area contributed by atoms with Crippen molar-refractivity contribution >= 4 is 12.2 Å². The summed E-state index contributed by atoms with van der Waals surface area (Å²) in [5, 5.41) is 2.97. The third-order valence-electron chi connectivity index (χ3n) is 6.46. The third kappa shape index (κ3) is 9.97. The molecule has 180 valence electrons. The predicted molar refractivity (Wildman–Crippen MR) is 112 cm³/mol. The smallest absolute Gasteiger partial charge is 0.540 e. The first-order valence-electron chi connectivity index (χ1n) is 11.6. The Balaban J connectivity index is 0.000000254. The van der Waals surface area contributed by atoms with E-state index in [0.717, 1.165) is 6.42 Å². The summed E-state index contributed by atoms with van der Waals surface area (Å²) in [5.74, 6) is -0.815. The van der Waals surface area contributed by atoms with E-state index in [1.54, 1.807) is 0 Å². The SMILES string of the molecule is C1CCCCC1.CC1CCC(F)C2CC([C-]=O)NOC12.O=C(C(F)F)N1CCNCC1.[Na+]. The maximum absolute atomic E-state index is 13.6. The molecule has 6 nitrogen and oxygen atoms in total. The van der Waals surface area contributed by atoms with Crippen molar-refractivity contribution in [3.63, 3.8) is 0 Å². The van der Waals surface area contributed by atoms with Gasteiger partial charge in [0.2, 0.25) is 0 Å². The molecule has 4 fully saturated rings. The van der Waals surface area contributed by atoms with E-state index in [1.165, 1.54) is 43.4 Å². The van der Waals surface area contributed by atoms with E-state index in [4.69, 9.17) is 4.84 Å². The van der Waals surface area contributed by atoms with E-state index < -0.39 is 24.5 Å². The molecule has 1 amide bonds. The van der Waals surface area contributed by atoms with Crippen molar-refractivity contribution in [2.45, 2.75) is 89.5 Å². The molecule has 2 saturated heterocycles. The first kappa shape index (κ1) is 29.8. The van der Waals surface area contributed by atoms with Crippen molar-refractivity contribution < 1.29 is 57.2 Å². The molecule has 4 rings (SSSR count). The summed E-state index contributed by atoms with van der Waals surface area (Å²) in [7, 11) is 0. The number of nitrogens with one attached hydrogen (secondary N) is 2. The number of piperazine rings is 1. The van der Waals surface area contributed by atoms with Gasteiger partial charge in [-0.3, -0.25) is 9.63 Å². The quantitative estimate of drug-likeness (QED) is 0.444. The molecule has 10 heteroatoms. The number of rotatable bonds is 2. The van der Waals surface area contributed by atoms with E-state index in [-0.39, 0.29) is 41.6 Å². The Kier molecular flexibility index (Phi) is 15.3. The molecule has 0 aromatic rings. The fourth-order valence-electron chi connectivity index (χ4n) is 4.55. The molecule has 2 aliphatic carbocycles. The first-order valence-corrected chi connectivity index (χ1v) is 11.6. The van der Waals surface area contributed by atoms with Crippen LogP contribution in [-0.2, 0) is 14.4 Å². The number of nitrogens with zero attached hydrogens (tertiary/aromatic N) is 1. The Labute approximate surface area is 212 Å². The van der Waals surface area contributed by atoms with E-state index >= 15 is 0 Å². The van der Waals surface area contributed by atoms with Crippen LogP contribution in [-0.4, -0.2) is 68.0 Å². The second kappa shape index (κ2) is 16.4. The van der Waals surface area contributed by atoms with Gasteiger partial charge in [-0.1, -0.05) is 57.9 Å². The molecule has 4 aliphatic rings. The van der Waals surface area contributed by atoms with Crippen molar-refractivity contribution in [2.24, 2.45) is 11.8 Å². The van der Waals surface area contributed by atoms with Gasteiger partial charge in [-0.2, -0.15) is 8.78 Å². The molecule has 2 saturated carbocycles. The van der Waals surface area contributed by atoms with Crippen molar-refractivity contribution in [3.05, 3.63) is 0 Å². The van der Waals surface area contributed by atoms with Crippen molar-refractivity contribution in [1.82, 2.24) is 15.7 Å². The van der Waals surface area contributed by atoms with Crippen LogP contribution in [0, 0.1) is 11.8 Å². The predicted octanol–water partition coefficient (Wildman–Crippen LogP) is 0.170. The number of fused-ring (bicyclic) bond motifs is 1. The third-order valence-corrected chi connectivity index (χ3v) is 6.46. The van der Waals surface area contributed by atoms with Crippen LogP contribution in [0.25, 0.3) is 0 Å². The van der Waals surface area contributed by atoms with E-state index in [2.05, 4.69) is 17.7 Å². The minimum atomic E-state index is -2.85. The minimum absolute atomic E-state index is 0. The average molecular weight is 472 g/mol. The Morgan fingerprint density at radius 3 is 2.12 bits per heavy atom. The van der Waals surface area contributed by atoms with Crippen molar-refractivity contribution in [2.75, 3.05) is 26.2 Å². The van der Waals surface area contributed by atoms with Crippen LogP contribution in [0.2, 0.25) is 0 Å². The molecule has 5 atom stereocenters. The van der Waals surface area contributed by atoms with Gasteiger partial charge in [0.1, 0.15) is 6.17 Å². The largest absolute Gasteiger partial charge is 1.00 e. The normalized spacial score (nSPS) is 32.2. The topological polar surface area (TPSA) is 70.7 Å². The van der Waals surface area contributed by atoms with Gasteiger partial charge in [-0.15, -0.1) is 0 Å². The van der Waals surface area contributed by atoms with Crippen LogP contribution in [0.5, 0.6) is 0 Å². The molecule has 0 radical (unpaired) electrons. The minimum Gasteiger partial charge on any atom is -0.540 e. The molecular formula is C22H37F3N3NaO3. The number of carbonyl (C=O) groups excluding carboxylic acids is 2. The number of hydroxylamine groups is 1. The van der Waals surface area contributed by atoms with Crippen LogP contribution in [0.3, 0.4) is 0 Å². The summed E-state index contributed by atoms with van der Waals surface area (Å²) in [4.78, 5) is 27.6. The summed E-state index contributed by atoms with van der Waals surface area (Å²) in [6.45, 7) is 4.07. The van der Waals surface area contributed by atoms with Crippen LogP contribution in [0.1, 0.15) is 64.7 Å². The van der Waals surface area contributed by atoms with Gasteiger partial charge in [0.15, 0.2) is 0 Å². The summed E-state index contributed by atoms with van der Waals surface area (Å²) in [6, 6.07) is -0.459. The zero-order valence-electron chi connectivity index (χ0n) is 19.5. The molecule has 0 spiro atoms. The van der Waals surface area contributed by atoms with E-state index in [9.17, 15) is 22.8 Å². The fourth-order valence-corrected chi connectivity index (χ4v) is 4.55. The molecule has 0 bridgehead atoms. The van der Waals surface area contributed by atoms with Gasteiger partial charge in [0.05, 0.1) is 6.10 Å². The van der Waals surface area contributed by atoms with E-state index in [1.807, 2.05) is 6.29 Å². The summed E-state index contributed by atoms with van der Waals surface area (Å²) < 4.78 is 37.2. The number of amides is 1. The van der Waals surface area contributed by atoms with Gasteiger partial charge in [-0.05, 0) is 18.8 Å². The number of carbonyl (C=O) groups is 1. The Morgan fingerprint density at radius 1 is 1.06 bits per heavy atom. The molecule has 2 heterocycles. The molecule has 5 unspecified atom stereocenters.